The third kappa shape index (κ3) is 5.94. The largest absolute Gasteiger partial charge is 0.478 e. The Morgan fingerprint density at radius 2 is 1.66 bits per heavy atom. The fourth-order valence-corrected chi connectivity index (χ4v) is 4.85. The van der Waals surface area contributed by atoms with Gasteiger partial charge in [0.25, 0.3) is 0 Å². The fourth-order valence-electron chi connectivity index (χ4n) is 4.85. The van der Waals surface area contributed by atoms with Crippen LogP contribution in [0, 0.1) is 0 Å². The van der Waals surface area contributed by atoms with Gasteiger partial charge >= 0.3 is 5.97 Å². The van der Waals surface area contributed by atoms with E-state index in [0.29, 0.717) is 37.3 Å². The normalized spacial score (nSPS) is 14.2. The zero-order valence-electron chi connectivity index (χ0n) is 21.8. The first-order valence-corrected chi connectivity index (χ1v) is 13.1. The second-order valence-electron chi connectivity index (χ2n) is 10.6. The van der Waals surface area contributed by atoms with Crippen LogP contribution in [0.5, 0.6) is 0 Å². The molecule has 0 unspecified atom stereocenters. The Morgan fingerprint density at radius 1 is 1.00 bits per heavy atom. The number of hydrogen-bond acceptors (Lipinski definition) is 7. The number of carbonyl (C=O) groups is 1. The molecule has 2 heterocycles. The molecule has 4 N–H and O–H groups in total. The van der Waals surface area contributed by atoms with Gasteiger partial charge in [-0.15, -0.1) is 0 Å². The second kappa shape index (κ2) is 10.8. The average molecular weight is 515 g/mol. The maximum atomic E-state index is 11.1. The number of carboxylic acid groups (broad SMARTS) is 1. The van der Waals surface area contributed by atoms with Crippen molar-refractivity contribution < 1.29 is 15.0 Å². The standard InChI is InChI=1S/C29H34N6O3/c1-29(2,38)15-16-30-28-33-25(24-26(34-28)35(18-32-24)23-5-3-4-6-23)31-17-19-7-9-20(10-8-19)21-11-13-22(14-12-21)27(36)37/h7-14,18,23,38H,3-6,15-17H2,1-2H3,(H,36,37)(H2,30,31,33,34). The Morgan fingerprint density at radius 3 is 2.29 bits per heavy atom. The van der Waals surface area contributed by atoms with Crippen molar-refractivity contribution in [3.63, 3.8) is 0 Å². The molecule has 4 aromatic rings. The Labute approximate surface area is 222 Å². The highest BCUT2D eigenvalue weighted by atomic mass is 16.4. The van der Waals surface area contributed by atoms with Gasteiger partial charge in [0, 0.05) is 19.1 Å². The van der Waals surface area contributed by atoms with Crippen LogP contribution in [0.15, 0.2) is 54.9 Å². The Balaban J connectivity index is 1.34. The molecule has 9 nitrogen and oxygen atoms in total. The number of benzene rings is 2. The number of rotatable bonds is 10. The predicted molar refractivity (Wildman–Crippen MR) is 148 cm³/mol. The molecule has 0 amide bonds. The van der Waals surface area contributed by atoms with E-state index in [9.17, 15) is 9.90 Å². The van der Waals surface area contributed by atoms with E-state index in [4.69, 9.17) is 15.1 Å². The van der Waals surface area contributed by atoms with Crippen LogP contribution in [-0.2, 0) is 6.54 Å². The van der Waals surface area contributed by atoms with E-state index in [1.54, 1.807) is 26.0 Å². The van der Waals surface area contributed by atoms with E-state index in [0.717, 1.165) is 40.7 Å². The van der Waals surface area contributed by atoms with Gasteiger partial charge in [-0.3, -0.25) is 0 Å². The van der Waals surface area contributed by atoms with Crippen molar-refractivity contribution in [3.05, 3.63) is 66.0 Å². The number of aliphatic hydroxyl groups is 1. The number of hydrogen-bond donors (Lipinski definition) is 4. The van der Waals surface area contributed by atoms with Crippen LogP contribution in [0.3, 0.4) is 0 Å². The van der Waals surface area contributed by atoms with Crippen molar-refractivity contribution in [3.8, 4) is 11.1 Å². The summed E-state index contributed by atoms with van der Waals surface area (Å²) in [5.41, 5.74) is 4.13. The van der Waals surface area contributed by atoms with Crippen molar-refractivity contribution in [2.24, 2.45) is 0 Å². The Bertz CT molecular complexity index is 1400. The Hall–Kier alpha value is -3.98. The maximum absolute atomic E-state index is 11.1. The highest BCUT2D eigenvalue weighted by Gasteiger charge is 2.22. The van der Waals surface area contributed by atoms with Gasteiger partial charge in [0.15, 0.2) is 17.0 Å². The number of anilines is 2. The molecule has 0 bridgehead atoms. The molecule has 0 spiro atoms. The van der Waals surface area contributed by atoms with Gasteiger partial charge in [0.1, 0.15) is 0 Å². The third-order valence-electron chi connectivity index (χ3n) is 7.04. The zero-order chi connectivity index (χ0) is 26.7. The van der Waals surface area contributed by atoms with E-state index in [1.165, 1.54) is 12.8 Å². The molecule has 1 aliphatic rings. The van der Waals surface area contributed by atoms with E-state index in [-0.39, 0.29) is 5.56 Å². The first-order valence-electron chi connectivity index (χ1n) is 13.1. The molecular formula is C29H34N6O3. The van der Waals surface area contributed by atoms with Gasteiger partial charge in [-0.25, -0.2) is 9.78 Å². The summed E-state index contributed by atoms with van der Waals surface area (Å²) in [7, 11) is 0. The van der Waals surface area contributed by atoms with Crippen LogP contribution in [0.1, 0.15) is 67.9 Å². The number of aromatic nitrogens is 4. The lowest BCUT2D eigenvalue weighted by Crippen LogP contribution is -2.23. The maximum Gasteiger partial charge on any atom is 0.335 e. The van der Waals surface area contributed by atoms with Crippen molar-refractivity contribution in [2.45, 2.75) is 64.1 Å². The fraction of sp³-hybridized carbons (Fsp3) is 0.379. The molecule has 0 saturated heterocycles. The van der Waals surface area contributed by atoms with Gasteiger partial charge in [-0.1, -0.05) is 49.2 Å². The quantitative estimate of drug-likeness (QED) is 0.219. The molecule has 0 aliphatic heterocycles. The highest BCUT2D eigenvalue weighted by molar-refractivity contribution is 5.88. The minimum absolute atomic E-state index is 0.273. The van der Waals surface area contributed by atoms with Crippen LogP contribution in [-0.4, -0.2) is 47.8 Å². The number of aromatic carboxylic acids is 1. The summed E-state index contributed by atoms with van der Waals surface area (Å²) in [5.74, 6) is 0.260. The first kappa shape index (κ1) is 25.7. The lowest BCUT2D eigenvalue weighted by Gasteiger charge is -2.17. The second-order valence-corrected chi connectivity index (χ2v) is 10.6. The van der Waals surface area contributed by atoms with Crippen LogP contribution < -0.4 is 10.6 Å². The van der Waals surface area contributed by atoms with Crippen molar-refractivity contribution in [1.82, 2.24) is 19.5 Å². The van der Waals surface area contributed by atoms with E-state index in [2.05, 4.69) is 20.2 Å². The summed E-state index contributed by atoms with van der Waals surface area (Å²) in [6.45, 7) is 4.69. The minimum Gasteiger partial charge on any atom is -0.478 e. The molecule has 2 aromatic carbocycles. The predicted octanol–water partition coefficient (Wildman–Crippen LogP) is 5.49. The topological polar surface area (TPSA) is 125 Å². The van der Waals surface area contributed by atoms with Crippen LogP contribution in [0.25, 0.3) is 22.3 Å². The molecule has 9 heteroatoms. The highest BCUT2D eigenvalue weighted by Crippen LogP contribution is 2.33. The lowest BCUT2D eigenvalue weighted by molar-refractivity contribution is 0.0695. The number of carboxylic acids is 1. The van der Waals surface area contributed by atoms with Crippen LogP contribution >= 0.6 is 0 Å². The van der Waals surface area contributed by atoms with Crippen LogP contribution in [0.2, 0.25) is 0 Å². The molecular weight excluding hydrogens is 480 g/mol. The van der Waals surface area contributed by atoms with Gasteiger partial charge in [-0.2, -0.15) is 9.97 Å². The molecule has 0 radical (unpaired) electrons. The van der Waals surface area contributed by atoms with E-state index in [1.807, 2.05) is 42.7 Å². The molecule has 1 aliphatic carbocycles. The van der Waals surface area contributed by atoms with Gasteiger partial charge < -0.3 is 25.4 Å². The van der Waals surface area contributed by atoms with E-state index < -0.39 is 11.6 Å². The number of nitrogens with one attached hydrogen (secondary N) is 2. The minimum atomic E-state index is -0.930. The molecule has 1 saturated carbocycles. The van der Waals surface area contributed by atoms with Crippen molar-refractivity contribution in [2.75, 3.05) is 17.2 Å². The Kier molecular flexibility index (Phi) is 7.28. The molecule has 1 fully saturated rings. The number of nitrogens with zero attached hydrogens (tertiary/aromatic N) is 4. The summed E-state index contributed by atoms with van der Waals surface area (Å²) >= 11 is 0. The first-order chi connectivity index (χ1) is 18.3. The molecule has 0 atom stereocenters. The third-order valence-corrected chi connectivity index (χ3v) is 7.04. The lowest BCUT2D eigenvalue weighted by atomic mass is 10.0. The summed E-state index contributed by atoms with van der Waals surface area (Å²) in [4.78, 5) is 25.3. The molecule has 198 valence electrons. The smallest absolute Gasteiger partial charge is 0.335 e. The average Bonchev–Trinajstić information content (AvgIpc) is 3.57. The molecule has 2 aromatic heterocycles. The monoisotopic (exact) mass is 514 g/mol. The molecule has 5 rings (SSSR count). The SMILES string of the molecule is CC(C)(O)CCNc1nc(NCc2ccc(-c3ccc(C(=O)O)cc3)cc2)c2ncn(C3CCCC3)c2n1. The van der Waals surface area contributed by atoms with Gasteiger partial charge in [0.05, 0.1) is 17.5 Å². The summed E-state index contributed by atoms with van der Waals surface area (Å²) in [6, 6.07) is 15.4. The van der Waals surface area contributed by atoms with Crippen molar-refractivity contribution >= 4 is 28.9 Å². The van der Waals surface area contributed by atoms with E-state index >= 15 is 0 Å². The summed E-state index contributed by atoms with van der Waals surface area (Å²) in [6.07, 6.45) is 7.15. The summed E-state index contributed by atoms with van der Waals surface area (Å²) in [5, 5.41) is 25.9. The van der Waals surface area contributed by atoms with Gasteiger partial charge in [-0.05, 0) is 61.9 Å². The zero-order valence-corrected chi connectivity index (χ0v) is 21.8. The van der Waals surface area contributed by atoms with Crippen molar-refractivity contribution in [1.29, 1.82) is 0 Å². The summed E-state index contributed by atoms with van der Waals surface area (Å²) < 4.78 is 2.18. The van der Waals surface area contributed by atoms with Crippen LogP contribution in [0.4, 0.5) is 11.8 Å². The number of imidazole rings is 1. The number of fused-ring (bicyclic) bond motifs is 1. The van der Waals surface area contributed by atoms with Gasteiger partial charge in [0.2, 0.25) is 5.95 Å². The molecule has 38 heavy (non-hydrogen) atoms.